The van der Waals surface area contributed by atoms with Crippen LogP contribution < -0.4 is 0 Å². The Bertz CT molecular complexity index is 1160. The molecule has 6 rings (SSSR count). The third kappa shape index (κ3) is 2.50. The molecule has 2 aromatic carbocycles. The lowest BCUT2D eigenvalue weighted by molar-refractivity contribution is 0.382. The Balaban J connectivity index is 1.27. The molecule has 30 heavy (non-hydrogen) atoms. The van der Waals surface area contributed by atoms with Crippen molar-refractivity contribution in [3.8, 4) is 5.69 Å². The molecule has 1 heterocycles. The van der Waals surface area contributed by atoms with Gasteiger partial charge in [0.1, 0.15) is 5.82 Å². The number of aromatic nitrogens is 2. The first-order valence-corrected chi connectivity index (χ1v) is 11.2. The van der Waals surface area contributed by atoms with Gasteiger partial charge in [-0.05, 0) is 97.4 Å². The summed E-state index contributed by atoms with van der Waals surface area (Å²) in [6.45, 7) is 2.26. The van der Waals surface area contributed by atoms with E-state index in [9.17, 15) is 4.39 Å². The third-order valence-electron chi connectivity index (χ3n) is 8.15. The van der Waals surface area contributed by atoms with Crippen LogP contribution in [0.15, 0.2) is 60.3 Å². The van der Waals surface area contributed by atoms with E-state index in [-0.39, 0.29) is 5.82 Å². The normalized spacial score (nSPS) is 26.0. The Labute approximate surface area is 177 Å². The summed E-state index contributed by atoms with van der Waals surface area (Å²) in [5.74, 6) is -0.208. The first-order chi connectivity index (χ1) is 14.6. The molecule has 3 aliphatic rings. The summed E-state index contributed by atoms with van der Waals surface area (Å²) < 4.78 is 15.3. The summed E-state index contributed by atoms with van der Waals surface area (Å²) in [4.78, 5) is 0. The van der Waals surface area contributed by atoms with E-state index in [1.807, 2.05) is 23.0 Å². The molecule has 2 nitrogen and oxygen atoms in total. The molecule has 1 spiro atoms. The molecule has 0 aliphatic heterocycles. The van der Waals surface area contributed by atoms with Crippen molar-refractivity contribution in [2.75, 3.05) is 0 Å². The lowest BCUT2D eigenvalue weighted by Crippen LogP contribution is -2.17. The molecule has 0 bridgehead atoms. The van der Waals surface area contributed by atoms with Gasteiger partial charge in [-0.2, -0.15) is 5.10 Å². The molecule has 3 heteroatoms. The molecule has 3 aromatic rings. The minimum Gasteiger partial charge on any atom is -0.233 e. The van der Waals surface area contributed by atoms with Crippen LogP contribution >= 0.6 is 0 Å². The van der Waals surface area contributed by atoms with E-state index in [0.717, 1.165) is 18.5 Å². The number of aryl methyl sites for hydroxylation is 2. The molecular formula is C27H27FN2. The average Bonchev–Trinajstić information content (AvgIpc) is 3.04. The monoisotopic (exact) mass is 398 g/mol. The molecule has 0 amide bonds. The first-order valence-electron chi connectivity index (χ1n) is 11.2. The topological polar surface area (TPSA) is 17.8 Å². The summed E-state index contributed by atoms with van der Waals surface area (Å²) in [5, 5.41) is 4.66. The second kappa shape index (κ2) is 6.41. The maximum Gasteiger partial charge on any atom is 0.123 e. The zero-order chi connectivity index (χ0) is 20.3. The van der Waals surface area contributed by atoms with Crippen LogP contribution in [0.4, 0.5) is 4.39 Å². The van der Waals surface area contributed by atoms with Crippen LogP contribution in [0, 0.1) is 16.6 Å². The number of halogens is 1. The van der Waals surface area contributed by atoms with Crippen LogP contribution in [0.3, 0.4) is 0 Å². The third-order valence-corrected chi connectivity index (χ3v) is 8.15. The Morgan fingerprint density at radius 3 is 2.67 bits per heavy atom. The molecule has 0 saturated heterocycles. The van der Waals surface area contributed by atoms with Crippen LogP contribution in [-0.2, 0) is 19.3 Å². The predicted octanol–water partition coefficient (Wildman–Crippen LogP) is 6.32. The van der Waals surface area contributed by atoms with Gasteiger partial charge < -0.3 is 0 Å². The zero-order valence-corrected chi connectivity index (χ0v) is 17.5. The molecule has 0 radical (unpaired) electrons. The highest BCUT2D eigenvalue weighted by Crippen LogP contribution is 2.79. The minimum atomic E-state index is -0.208. The summed E-state index contributed by atoms with van der Waals surface area (Å²) in [5.41, 5.74) is 9.00. The Morgan fingerprint density at radius 2 is 1.87 bits per heavy atom. The highest BCUT2D eigenvalue weighted by Gasteiger charge is 2.71. The number of allylic oxidation sites excluding steroid dienone is 1. The fourth-order valence-corrected chi connectivity index (χ4v) is 6.44. The molecule has 3 aliphatic carbocycles. The van der Waals surface area contributed by atoms with Crippen LogP contribution in [0.25, 0.3) is 11.8 Å². The van der Waals surface area contributed by atoms with Gasteiger partial charge in [0.2, 0.25) is 0 Å². The number of rotatable bonds is 5. The molecule has 2 saturated carbocycles. The second-order valence-corrected chi connectivity index (χ2v) is 9.45. The van der Waals surface area contributed by atoms with E-state index < -0.39 is 0 Å². The molecule has 2 unspecified atom stereocenters. The predicted molar refractivity (Wildman–Crippen MR) is 118 cm³/mol. The van der Waals surface area contributed by atoms with E-state index in [1.54, 1.807) is 5.57 Å². The summed E-state index contributed by atoms with van der Waals surface area (Å²) in [6.07, 6.45) is 13.0. The maximum absolute atomic E-state index is 13.3. The molecule has 152 valence electrons. The number of nitrogens with zero attached hydrogens (tertiary/aromatic N) is 2. The van der Waals surface area contributed by atoms with E-state index in [0.29, 0.717) is 10.8 Å². The number of benzene rings is 2. The molecule has 1 aromatic heterocycles. The van der Waals surface area contributed by atoms with E-state index in [4.69, 9.17) is 0 Å². The molecular weight excluding hydrogens is 371 g/mol. The highest BCUT2D eigenvalue weighted by molar-refractivity contribution is 5.65. The zero-order valence-electron chi connectivity index (χ0n) is 17.5. The fourth-order valence-electron chi connectivity index (χ4n) is 6.44. The Hall–Kier alpha value is -2.68. The van der Waals surface area contributed by atoms with Gasteiger partial charge in [0.15, 0.2) is 0 Å². The smallest absolute Gasteiger partial charge is 0.123 e. The lowest BCUT2D eigenvalue weighted by atomic mass is 9.80. The van der Waals surface area contributed by atoms with Crippen LogP contribution in [0.5, 0.6) is 0 Å². The van der Waals surface area contributed by atoms with Crippen molar-refractivity contribution in [2.24, 2.45) is 10.8 Å². The van der Waals surface area contributed by atoms with Crippen molar-refractivity contribution in [1.82, 2.24) is 9.78 Å². The fraction of sp³-hybridized carbons (Fsp3) is 0.370. The molecule has 0 N–H and O–H groups in total. The summed E-state index contributed by atoms with van der Waals surface area (Å²) >= 11 is 0. The Morgan fingerprint density at radius 1 is 1.07 bits per heavy atom. The minimum absolute atomic E-state index is 0.208. The van der Waals surface area contributed by atoms with Gasteiger partial charge in [-0.15, -0.1) is 0 Å². The first kappa shape index (κ1) is 18.1. The van der Waals surface area contributed by atoms with Crippen molar-refractivity contribution in [2.45, 2.75) is 51.9 Å². The van der Waals surface area contributed by atoms with E-state index >= 15 is 0 Å². The van der Waals surface area contributed by atoms with Crippen molar-refractivity contribution >= 4 is 6.08 Å². The SMILES string of the molecule is CCc1ccccc1CCC12CCC3=Cc4c(cnn4-c4ccc(F)cc4)CC31C2. The van der Waals surface area contributed by atoms with Gasteiger partial charge in [-0.1, -0.05) is 36.8 Å². The van der Waals surface area contributed by atoms with Gasteiger partial charge in [-0.3, -0.25) is 0 Å². The van der Waals surface area contributed by atoms with Crippen LogP contribution in [0.1, 0.15) is 55.0 Å². The summed E-state index contributed by atoms with van der Waals surface area (Å²) in [7, 11) is 0. The number of hydrogen-bond acceptors (Lipinski definition) is 1. The van der Waals surface area contributed by atoms with Gasteiger partial charge in [0.25, 0.3) is 0 Å². The van der Waals surface area contributed by atoms with Crippen molar-refractivity contribution in [3.05, 3.63) is 88.5 Å². The highest BCUT2D eigenvalue weighted by atomic mass is 19.1. The van der Waals surface area contributed by atoms with Gasteiger partial charge in [0, 0.05) is 5.41 Å². The Kier molecular flexibility index (Phi) is 3.87. The van der Waals surface area contributed by atoms with Gasteiger partial charge >= 0.3 is 0 Å². The van der Waals surface area contributed by atoms with Crippen molar-refractivity contribution in [1.29, 1.82) is 0 Å². The largest absolute Gasteiger partial charge is 0.233 e. The van der Waals surface area contributed by atoms with E-state index in [1.165, 1.54) is 66.6 Å². The maximum atomic E-state index is 13.3. The van der Waals surface area contributed by atoms with Crippen molar-refractivity contribution < 1.29 is 4.39 Å². The number of fused-ring (bicyclic) bond motifs is 1. The van der Waals surface area contributed by atoms with Gasteiger partial charge in [-0.25, -0.2) is 9.07 Å². The lowest BCUT2D eigenvalue weighted by Gasteiger charge is -2.24. The van der Waals surface area contributed by atoms with Crippen LogP contribution in [-0.4, -0.2) is 9.78 Å². The van der Waals surface area contributed by atoms with Crippen molar-refractivity contribution in [3.63, 3.8) is 0 Å². The molecule has 2 fully saturated rings. The number of hydrogen-bond donors (Lipinski definition) is 0. The van der Waals surface area contributed by atoms with E-state index in [2.05, 4.69) is 42.4 Å². The van der Waals surface area contributed by atoms with Gasteiger partial charge in [0.05, 0.1) is 17.6 Å². The second-order valence-electron chi connectivity index (χ2n) is 9.45. The quantitative estimate of drug-likeness (QED) is 0.492. The summed E-state index contributed by atoms with van der Waals surface area (Å²) in [6, 6.07) is 15.6. The van der Waals surface area contributed by atoms with Crippen LogP contribution in [0.2, 0.25) is 0 Å². The molecule has 2 atom stereocenters. The standard InChI is InChI=1S/C27H27FN2/c1-2-19-5-3-4-6-20(19)11-13-26-14-12-22-15-25-21(16-27(22,26)18-26)17-29-30(25)24-9-7-23(28)8-10-24/h3-10,15,17H,2,11-14,16,18H2,1H3. The average molecular weight is 399 g/mol.